The molecule has 0 N–H and O–H groups in total. The van der Waals surface area contributed by atoms with E-state index in [0.717, 1.165) is 12.8 Å². The van der Waals surface area contributed by atoms with E-state index >= 15 is 0 Å². The van der Waals surface area contributed by atoms with Gasteiger partial charge in [-0.15, -0.1) is 0 Å². The normalized spacial score (nSPS) is 9.10. The van der Waals surface area contributed by atoms with E-state index in [4.69, 9.17) is 7.49 Å². The molecule has 0 fully saturated rings. The molecule has 1 aromatic carbocycles. The number of hydrogen-bond donors (Lipinski definition) is 0. The first-order chi connectivity index (χ1) is 4.93. The molecule has 0 unspecified atom stereocenters. The number of hydrogen-bond acceptors (Lipinski definition) is 0. The van der Waals surface area contributed by atoms with Gasteiger partial charge in [-0.2, -0.15) is 0 Å². The van der Waals surface area contributed by atoms with E-state index in [2.05, 4.69) is 12.1 Å². The average molecular weight is 129 g/mol. The molecule has 1 heteroatoms. The first-order valence-corrected chi connectivity index (χ1v) is 3.51. The molecule has 0 aliphatic rings. The molecule has 49 valence electrons. The van der Waals surface area contributed by atoms with Gasteiger partial charge in [0.25, 0.3) is 0 Å². The van der Waals surface area contributed by atoms with Crippen molar-refractivity contribution < 1.29 is 0 Å². The van der Waals surface area contributed by atoms with Crippen LogP contribution in [0.25, 0.3) is 0 Å². The summed E-state index contributed by atoms with van der Waals surface area (Å²) in [6.07, 6.45) is 2.02. The molecule has 1 radical (unpaired) electrons. The van der Waals surface area contributed by atoms with Crippen molar-refractivity contribution in [1.29, 1.82) is 0 Å². The van der Waals surface area contributed by atoms with Gasteiger partial charge in [0.1, 0.15) is 0 Å². The Balaban J connectivity index is 2.50. The molecule has 0 amide bonds. The predicted molar refractivity (Wildman–Crippen MR) is 46.6 cm³/mol. The summed E-state index contributed by atoms with van der Waals surface area (Å²) in [5.74, 6) is 1.70. The van der Waals surface area contributed by atoms with Crippen LogP contribution in [0.5, 0.6) is 0 Å². The van der Waals surface area contributed by atoms with E-state index in [1.165, 1.54) is 5.56 Å². The van der Waals surface area contributed by atoms with Gasteiger partial charge < -0.3 is 0 Å². The second kappa shape index (κ2) is 4.05. The molecule has 0 nitrogen and oxygen atoms in total. The Hall–Kier alpha value is -0.845. The van der Waals surface area contributed by atoms with Crippen LogP contribution in [-0.4, -0.2) is 13.5 Å². The molecule has 0 bridgehead atoms. The number of aryl methyl sites for hydroxylation is 1. The van der Waals surface area contributed by atoms with Crippen LogP contribution in [0.3, 0.4) is 0 Å². The van der Waals surface area contributed by atoms with Crippen LogP contribution >= 0.6 is 0 Å². The summed E-state index contributed by atoms with van der Waals surface area (Å²) >= 11 is 0. The van der Waals surface area contributed by atoms with Crippen LogP contribution < -0.4 is 0 Å². The van der Waals surface area contributed by atoms with Crippen LogP contribution in [-0.2, 0) is 6.42 Å². The van der Waals surface area contributed by atoms with Gasteiger partial charge in [-0.1, -0.05) is 0 Å². The Bertz CT molecular complexity index is 191. The van der Waals surface area contributed by atoms with Gasteiger partial charge in [0, 0.05) is 0 Å². The fourth-order valence-corrected chi connectivity index (χ4v) is 0.895. The van der Waals surface area contributed by atoms with Crippen molar-refractivity contribution in [3.63, 3.8) is 0 Å². The van der Waals surface area contributed by atoms with Crippen LogP contribution in [0, 0.1) is 0 Å². The average Bonchev–Trinajstić information content (AvgIpc) is 2.03. The minimum atomic E-state index is 0.962. The van der Waals surface area contributed by atoms with E-state index in [9.17, 15) is 0 Å². The van der Waals surface area contributed by atoms with E-state index in [-0.39, 0.29) is 0 Å². The van der Waals surface area contributed by atoms with E-state index in [1.807, 2.05) is 18.2 Å². The standard InChI is InChI=1S/C9H10B/c10-8-4-7-9-5-2-1-3-6-9/h1-3,5-6,8H,4,7H2. The summed E-state index contributed by atoms with van der Waals surface area (Å²) in [6.45, 7) is 0. The quantitative estimate of drug-likeness (QED) is 0.543. The third-order valence-corrected chi connectivity index (χ3v) is 1.44. The zero-order valence-electron chi connectivity index (χ0n) is 5.96. The molecule has 0 saturated heterocycles. The summed E-state index contributed by atoms with van der Waals surface area (Å²) < 4.78 is 0. The van der Waals surface area contributed by atoms with Crippen LogP contribution in [0.4, 0.5) is 0 Å². The fraction of sp³-hybridized carbons (Fsp3) is 0.222. The number of rotatable bonds is 3. The summed E-state index contributed by atoms with van der Waals surface area (Å²) in [5, 5.41) is 0. The van der Waals surface area contributed by atoms with Crippen molar-refractivity contribution in [3.8, 4) is 0 Å². The fourth-order valence-electron chi connectivity index (χ4n) is 0.895. The Labute approximate surface area is 63.0 Å². The van der Waals surface area contributed by atoms with Crippen LogP contribution in [0.2, 0.25) is 0 Å². The summed E-state index contributed by atoms with van der Waals surface area (Å²) in [7, 11) is 5.25. The minimum absolute atomic E-state index is 0.962. The van der Waals surface area contributed by atoms with Gasteiger partial charge in [-0.05, 0) is 0 Å². The molecule has 1 rings (SSSR count). The summed E-state index contributed by atoms with van der Waals surface area (Å²) in [6, 6.07) is 10.3. The zero-order valence-corrected chi connectivity index (χ0v) is 5.96. The van der Waals surface area contributed by atoms with Gasteiger partial charge in [0.05, 0.1) is 0 Å². The van der Waals surface area contributed by atoms with E-state index in [0.29, 0.717) is 0 Å². The molecular formula is C9H10B. The first-order valence-electron chi connectivity index (χ1n) is 3.51. The molecular weight excluding hydrogens is 119 g/mol. The Morgan fingerprint density at radius 2 is 1.90 bits per heavy atom. The van der Waals surface area contributed by atoms with Crippen molar-refractivity contribution in [1.82, 2.24) is 0 Å². The van der Waals surface area contributed by atoms with Crippen LogP contribution in [0.15, 0.2) is 30.3 Å². The van der Waals surface area contributed by atoms with Crippen molar-refractivity contribution in [2.45, 2.75) is 12.8 Å². The van der Waals surface area contributed by atoms with E-state index in [1.54, 1.807) is 5.97 Å². The SMILES string of the molecule is [B]=CCCc1ccccc1. The molecule has 0 atom stereocenters. The van der Waals surface area contributed by atoms with Crippen molar-refractivity contribution in [2.24, 2.45) is 0 Å². The Morgan fingerprint density at radius 1 is 1.20 bits per heavy atom. The maximum atomic E-state index is 5.25. The van der Waals surface area contributed by atoms with Gasteiger partial charge in [-0.3, -0.25) is 0 Å². The Kier molecular flexibility index (Phi) is 2.94. The summed E-state index contributed by atoms with van der Waals surface area (Å²) in [5.41, 5.74) is 1.35. The topological polar surface area (TPSA) is 0 Å². The predicted octanol–water partition coefficient (Wildman–Crippen LogP) is 1.59. The molecule has 0 heterocycles. The van der Waals surface area contributed by atoms with Gasteiger partial charge in [0.2, 0.25) is 0 Å². The van der Waals surface area contributed by atoms with Gasteiger partial charge >= 0.3 is 62.2 Å². The van der Waals surface area contributed by atoms with Gasteiger partial charge in [0.15, 0.2) is 0 Å². The molecule has 0 aromatic heterocycles. The van der Waals surface area contributed by atoms with Crippen molar-refractivity contribution >= 4 is 13.5 Å². The molecule has 0 aliphatic heterocycles. The van der Waals surface area contributed by atoms with Crippen LogP contribution in [0.1, 0.15) is 12.0 Å². The first kappa shape index (κ1) is 7.26. The van der Waals surface area contributed by atoms with Gasteiger partial charge in [-0.25, -0.2) is 0 Å². The monoisotopic (exact) mass is 129 g/mol. The molecule has 10 heavy (non-hydrogen) atoms. The van der Waals surface area contributed by atoms with Crippen molar-refractivity contribution in [2.75, 3.05) is 0 Å². The third kappa shape index (κ3) is 2.18. The maximum absolute atomic E-state index is 5.25. The van der Waals surface area contributed by atoms with Crippen molar-refractivity contribution in [3.05, 3.63) is 35.9 Å². The van der Waals surface area contributed by atoms with E-state index < -0.39 is 0 Å². The second-order valence-electron chi connectivity index (χ2n) is 2.26. The molecule has 1 aromatic rings. The zero-order chi connectivity index (χ0) is 7.23. The number of benzene rings is 1. The third-order valence-electron chi connectivity index (χ3n) is 1.44. The summed E-state index contributed by atoms with van der Waals surface area (Å²) in [4.78, 5) is 0. The molecule has 0 spiro atoms. The Morgan fingerprint density at radius 3 is 2.50 bits per heavy atom. The molecule has 0 saturated carbocycles. The molecule has 0 aliphatic carbocycles. The second-order valence-corrected chi connectivity index (χ2v) is 2.26.